The number of carbonyl (C=O) groups excluding carboxylic acids is 2. The van der Waals surface area contributed by atoms with Gasteiger partial charge in [-0.1, -0.05) is 23.7 Å². The molecule has 2 aromatic rings. The maximum absolute atomic E-state index is 14.2. The second kappa shape index (κ2) is 9.00. The zero-order valence-electron chi connectivity index (χ0n) is 17.9. The number of nitrogens with zero attached hydrogens (tertiary/aromatic N) is 3. The van der Waals surface area contributed by atoms with Gasteiger partial charge in [-0.25, -0.2) is 9.07 Å². The summed E-state index contributed by atoms with van der Waals surface area (Å²) < 4.78 is 26.1. The summed E-state index contributed by atoms with van der Waals surface area (Å²) in [6.45, 7) is 0.675. The molecule has 1 aromatic carbocycles. The van der Waals surface area contributed by atoms with Gasteiger partial charge in [0.25, 0.3) is 11.8 Å². The standard InChI is InChI=1S/C21H22ClFN4O6/c1-32-7-6-25-10-26-9-13(33-2)16-14(18(28)19(29)17(21(25)31)27(16)26)20(30)24-8-11-4-3-5-12(22)15(11)23/h3-5,13,29H,6-10H2,1-2H3,(H,24,30). The van der Waals surface area contributed by atoms with Crippen LogP contribution >= 0.6 is 11.6 Å². The van der Waals surface area contributed by atoms with Crippen molar-refractivity contribution in [3.63, 3.8) is 0 Å². The number of aromatic hydroxyl groups is 1. The van der Waals surface area contributed by atoms with Crippen molar-refractivity contribution >= 4 is 23.4 Å². The first-order valence-electron chi connectivity index (χ1n) is 10.1. The Labute approximate surface area is 193 Å². The van der Waals surface area contributed by atoms with E-state index in [0.29, 0.717) is 0 Å². The first kappa shape index (κ1) is 23.0. The zero-order chi connectivity index (χ0) is 23.9. The number of amides is 2. The predicted molar refractivity (Wildman–Crippen MR) is 116 cm³/mol. The summed E-state index contributed by atoms with van der Waals surface area (Å²) in [7, 11) is 2.92. The van der Waals surface area contributed by atoms with Gasteiger partial charge in [0, 0.05) is 32.9 Å². The third-order valence-corrected chi connectivity index (χ3v) is 5.99. The number of hydrogen-bond donors (Lipinski definition) is 2. The van der Waals surface area contributed by atoms with E-state index in [1.165, 1.54) is 42.0 Å². The molecule has 12 heteroatoms. The Balaban J connectivity index is 1.75. The molecule has 33 heavy (non-hydrogen) atoms. The van der Waals surface area contributed by atoms with Gasteiger partial charge in [0.15, 0.2) is 11.4 Å². The van der Waals surface area contributed by atoms with Crippen LogP contribution in [0.1, 0.15) is 38.2 Å². The first-order valence-corrected chi connectivity index (χ1v) is 10.5. The van der Waals surface area contributed by atoms with Crippen LogP contribution in [0.3, 0.4) is 0 Å². The second-order valence-corrected chi connectivity index (χ2v) is 8.02. The van der Waals surface area contributed by atoms with E-state index < -0.39 is 34.9 Å². The number of aromatic nitrogens is 1. The largest absolute Gasteiger partial charge is 0.502 e. The molecule has 1 unspecified atom stereocenters. The Morgan fingerprint density at radius 1 is 1.33 bits per heavy atom. The van der Waals surface area contributed by atoms with Gasteiger partial charge in [0.2, 0.25) is 5.43 Å². The summed E-state index contributed by atoms with van der Waals surface area (Å²) in [5.74, 6) is -2.93. The maximum atomic E-state index is 14.2. The predicted octanol–water partition coefficient (Wildman–Crippen LogP) is 0.975. The molecule has 0 aliphatic carbocycles. The van der Waals surface area contributed by atoms with Crippen LogP contribution in [0.2, 0.25) is 5.02 Å². The van der Waals surface area contributed by atoms with Crippen molar-refractivity contribution in [3.8, 4) is 5.75 Å². The molecule has 1 aromatic heterocycles. The molecule has 4 rings (SSSR count). The quantitative estimate of drug-likeness (QED) is 0.607. The lowest BCUT2D eigenvalue weighted by Crippen LogP contribution is -2.53. The van der Waals surface area contributed by atoms with Crippen molar-refractivity contribution in [2.45, 2.75) is 12.6 Å². The SMILES string of the molecule is COCCN1CN2CC(OC)c3c(C(=O)NCc4cccc(Cl)c4F)c(=O)c(O)c(n32)C1=O. The van der Waals surface area contributed by atoms with Gasteiger partial charge in [0.1, 0.15) is 24.2 Å². The average Bonchev–Trinajstić information content (AvgIpc) is 3.16. The smallest absolute Gasteiger partial charge is 0.277 e. The van der Waals surface area contributed by atoms with Gasteiger partial charge in [-0.15, -0.1) is 0 Å². The number of rotatable bonds is 7. The molecule has 3 heterocycles. The fourth-order valence-electron chi connectivity index (χ4n) is 4.07. The van der Waals surface area contributed by atoms with Crippen LogP contribution in [-0.4, -0.2) is 67.1 Å². The molecule has 2 aliphatic rings. The summed E-state index contributed by atoms with van der Waals surface area (Å²) in [4.78, 5) is 40.5. The number of nitrogens with one attached hydrogen (secondary N) is 1. The lowest BCUT2D eigenvalue weighted by atomic mass is 10.1. The normalized spacial score (nSPS) is 16.8. The van der Waals surface area contributed by atoms with Crippen LogP contribution in [0.25, 0.3) is 0 Å². The van der Waals surface area contributed by atoms with Gasteiger partial charge in [-0.2, -0.15) is 0 Å². The fourth-order valence-corrected chi connectivity index (χ4v) is 4.27. The molecular formula is C21H22ClFN4O6. The Kier molecular flexibility index (Phi) is 6.28. The number of pyridine rings is 1. The highest BCUT2D eigenvalue weighted by molar-refractivity contribution is 6.30. The second-order valence-electron chi connectivity index (χ2n) is 7.61. The van der Waals surface area contributed by atoms with Gasteiger partial charge in [-0.05, 0) is 6.07 Å². The minimum atomic E-state index is -1.01. The zero-order valence-corrected chi connectivity index (χ0v) is 18.7. The molecule has 0 radical (unpaired) electrons. The maximum Gasteiger partial charge on any atom is 0.277 e. The Hall–Kier alpha value is -3.15. The van der Waals surface area contributed by atoms with E-state index in [1.54, 1.807) is 5.01 Å². The molecule has 2 amide bonds. The summed E-state index contributed by atoms with van der Waals surface area (Å²) in [6, 6.07) is 4.36. The monoisotopic (exact) mass is 480 g/mol. The van der Waals surface area contributed by atoms with Crippen LogP contribution in [0, 0.1) is 5.82 Å². The number of ether oxygens (including phenoxy) is 2. The number of carbonyl (C=O) groups is 2. The molecule has 176 valence electrons. The Morgan fingerprint density at radius 3 is 2.79 bits per heavy atom. The number of halogens is 2. The number of benzene rings is 1. The van der Waals surface area contributed by atoms with Gasteiger partial charge < -0.3 is 24.8 Å². The summed E-state index contributed by atoms with van der Waals surface area (Å²) in [5, 5.41) is 14.7. The first-order chi connectivity index (χ1) is 15.8. The van der Waals surface area contributed by atoms with Crippen LogP contribution in [0.4, 0.5) is 4.39 Å². The van der Waals surface area contributed by atoms with Crippen molar-refractivity contribution in [1.82, 2.24) is 14.9 Å². The van der Waals surface area contributed by atoms with E-state index in [4.69, 9.17) is 21.1 Å². The summed E-state index contributed by atoms with van der Waals surface area (Å²) in [5.41, 5.74) is -1.34. The van der Waals surface area contributed by atoms with E-state index >= 15 is 0 Å². The van der Waals surface area contributed by atoms with Crippen molar-refractivity contribution in [3.05, 3.63) is 61.8 Å². The van der Waals surface area contributed by atoms with Crippen LogP contribution < -0.4 is 15.8 Å². The van der Waals surface area contributed by atoms with E-state index in [0.717, 1.165) is 0 Å². The van der Waals surface area contributed by atoms with E-state index in [2.05, 4.69) is 5.32 Å². The highest BCUT2D eigenvalue weighted by Gasteiger charge is 2.44. The molecule has 0 bridgehead atoms. The summed E-state index contributed by atoms with van der Waals surface area (Å²) >= 11 is 5.78. The molecule has 2 aliphatic heterocycles. The topological polar surface area (TPSA) is 113 Å². The lowest BCUT2D eigenvalue weighted by Gasteiger charge is -2.37. The van der Waals surface area contributed by atoms with Gasteiger partial charge in [0.05, 0.1) is 23.9 Å². The molecule has 0 fully saturated rings. The molecule has 10 nitrogen and oxygen atoms in total. The Morgan fingerprint density at radius 2 is 2.09 bits per heavy atom. The van der Waals surface area contributed by atoms with E-state index in [1.807, 2.05) is 0 Å². The van der Waals surface area contributed by atoms with Crippen molar-refractivity contribution in [2.24, 2.45) is 0 Å². The van der Waals surface area contributed by atoms with Gasteiger partial charge >= 0.3 is 0 Å². The molecule has 1 atom stereocenters. The van der Waals surface area contributed by atoms with Crippen molar-refractivity contribution in [1.29, 1.82) is 0 Å². The third kappa shape index (κ3) is 3.81. The van der Waals surface area contributed by atoms with Crippen LogP contribution in [-0.2, 0) is 16.0 Å². The highest BCUT2D eigenvalue weighted by atomic mass is 35.5. The lowest BCUT2D eigenvalue weighted by molar-refractivity contribution is 0.0623. The third-order valence-electron chi connectivity index (χ3n) is 5.70. The fraction of sp³-hybridized carbons (Fsp3) is 0.381. The van der Waals surface area contributed by atoms with Gasteiger partial charge in [-0.3, -0.25) is 19.4 Å². The number of methoxy groups -OCH3 is 2. The summed E-state index contributed by atoms with van der Waals surface area (Å²) in [6.07, 6.45) is -0.712. The molecular weight excluding hydrogens is 459 g/mol. The van der Waals surface area contributed by atoms with Crippen LogP contribution in [0.5, 0.6) is 5.75 Å². The molecule has 0 saturated heterocycles. The van der Waals surface area contributed by atoms with E-state index in [-0.39, 0.29) is 60.4 Å². The van der Waals surface area contributed by atoms with E-state index in [9.17, 15) is 23.9 Å². The molecule has 0 saturated carbocycles. The number of hydrogen-bond acceptors (Lipinski definition) is 7. The molecule has 0 spiro atoms. The van der Waals surface area contributed by atoms with Crippen molar-refractivity contribution in [2.75, 3.05) is 45.6 Å². The van der Waals surface area contributed by atoms with Crippen LogP contribution in [0.15, 0.2) is 23.0 Å². The minimum absolute atomic E-state index is 0.0986. The Bertz CT molecular complexity index is 1190. The molecule has 2 N–H and O–H groups in total. The average molecular weight is 481 g/mol. The van der Waals surface area contributed by atoms with Crippen molar-refractivity contribution < 1.29 is 28.6 Å². The highest BCUT2D eigenvalue weighted by Crippen LogP contribution is 2.34. The minimum Gasteiger partial charge on any atom is -0.502 e.